The molecule has 0 heterocycles. The maximum absolute atomic E-state index is 5.07. The van der Waals surface area contributed by atoms with Crippen LogP contribution in [0.15, 0.2) is 78.9 Å². The first-order valence-electron chi connectivity index (χ1n) is 6.43. The number of benzene rings is 1. The van der Waals surface area contributed by atoms with Gasteiger partial charge in [0, 0.05) is 17.1 Å². The van der Waals surface area contributed by atoms with Crippen molar-refractivity contribution in [3.63, 3.8) is 0 Å². The van der Waals surface area contributed by atoms with Crippen LogP contribution in [0, 0.1) is 11.8 Å². The largest absolute Gasteiger partial charge is 0.748 e. The zero-order chi connectivity index (χ0) is 14.0. The van der Waals surface area contributed by atoms with E-state index < -0.39 is 0 Å². The van der Waals surface area contributed by atoms with E-state index in [0.717, 1.165) is 16.9 Å². The zero-order valence-corrected chi connectivity index (χ0v) is 12.9. The molecule has 1 nitrogen and oxygen atoms in total. The van der Waals surface area contributed by atoms with Crippen LogP contribution in [0.25, 0.3) is 0 Å². The quantitative estimate of drug-likeness (QED) is 0.371. The van der Waals surface area contributed by atoms with E-state index in [0.29, 0.717) is 0 Å². The Hall–Kier alpha value is -2.20. The first-order chi connectivity index (χ1) is 9.88. The predicted octanol–water partition coefficient (Wildman–Crippen LogP) is 4.22. The second-order valence-corrected chi connectivity index (χ2v) is 4.11. The van der Waals surface area contributed by atoms with Crippen molar-refractivity contribution < 1.29 is 21.8 Å². The molecule has 2 heteroatoms. The standard InChI is InChI=1S/C14H11O.C5H5.Fe/c1-15-14-10-8-13(9-11-14)7-6-12-4-2-3-5-12;1-2-4-5-3-1;/h2-5,8-11H,1H3;1-5H;/q-1;-5;. The molecule has 0 aliphatic rings. The summed E-state index contributed by atoms with van der Waals surface area (Å²) >= 11 is 0. The first-order valence-corrected chi connectivity index (χ1v) is 6.43. The van der Waals surface area contributed by atoms with Gasteiger partial charge >= 0.3 is 0 Å². The van der Waals surface area contributed by atoms with Gasteiger partial charge in [-0.05, 0) is 17.7 Å². The van der Waals surface area contributed by atoms with Crippen LogP contribution < -0.4 is 4.74 Å². The molecule has 0 aliphatic heterocycles. The van der Waals surface area contributed by atoms with E-state index in [9.17, 15) is 0 Å². The van der Waals surface area contributed by atoms with Crippen molar-refractivity contribution in [1.82, 2.24) is 0 Å². The first kappa shape index (κ1) is 16.9. The number of hydrogen-bond acceptors (Lipinski definition) is 1. The maximum Gasteiger partial charge on any atom is 0.118 e. The molecule has 0 N–H and O–H groups in total. The third-order valence-corrected chi connectivity index (χ3v) is 2.66. The van der Waals surface area contributed by atoms with Crippen LogP contribution in [-0.4, -0.2) is 7.11 Å². The van der Waals surface area contributed by atoms with E-state index in [1.165, 1.54) is 0 Å². The molecule has 112 valence electrons. The normalized spacial score (nSPS) is 8.43. The van der Waals surface area contributed by atoms with Crippen LogP contribution in [0.1, 0.15) is 11.1 Å². The summed E-state index contributed by atoms with van der Waals surface area (Å²) in [7, 11) is 1.66. The summed E-state index contributed by atoms with van der Waals surface area (Å²) in [5, 5.41) is 0. The number of methoxy groups -OCH3 is 1. The van der Waals surface area contributed by atoms with Crippen LogP contribution in [0.2, 0.25) is 0 Å². The summed E-state index contributed by atoms with van der Waals surface area (Å²) in [5.74, 6) is 7.04. The van der Waals surface area contributed by atoms with Gasteiger partial charge in [0.1, 0.15) is 5.75 Å². The fraction of sp³-hybridized carbons (Fsp3) is 0.0526. The SMILES string of the molecule is COc1ccc(C#C[c-]2cccc2)cc1.[Fe].[cH-]1[cH-][cH-][cH-][cH-]1. The molecular formula is C19H16FeO-6. The topological polar surface area (TPSA) is 9.23 Å². The van der Waals surface area contributed by atoms with E-state index >= 15 is 0 Å². The number of ether oxygens (including phenoxy) is 1. The fourth-order valence-corrected chi connectivity index (χ4v) is 1.60. The molecule has 0 atom stereocenters. The molecular weight excluding hydrogens is 300 g/mol. The molecule has 0 saturated heterocycles. The Morgan fingerprint density at radius 2 is 1.43 bits per heavy atom. The Bertz CT molecular complexity index is 621. The van der Waals surface area contributed by atoms with Crippen molar-refractivity contribution in [2.24, 2.45) is 0 Å². The minimum Gasteiger partial charge on any atom is -0.748 e. The maximum atomic E-state index is 5.07. The second kappa shape index (κ2) is 9.66. The molecule has 0 fully saturated rings. The van der Waals surface area contributed by atoms with Crippen molar-refractivity contribution in [3.8, 4) is 17.6 Å². The summed E-state index contributed by atoms with van der Waals surface area (Å²) < 4.78 is 5.07. The average Bonchev–Trinajstić information content (AvgIpc) is 3.21. The van der Waals surface area contributed by atoms with Crippen molar-refractivity contribution in [2.75, 3.05) is 7.11 Å². The van der Waals surface area contributed by atoms with Gasteiger partial charge in [0.2, 0.25) is 0 Å². The van der Waals surface area contributed by atoms with E-state index in [1.807, 2.05) is 78.9 Å². The van der Waals surface area contributed by atoms with Crippen LogP contribution in [-0.2, 0) is 17.1 Å². The van der Waals surface area contributed by atoms with Gasteiger partial charge in [0.05, 0.1) is 7.11 Å². The van der Waals surface area contributed by atoms with Gasteiger partial charge in [-0.25, -0.2) is 0 Å². The Morgan fingerprint density at radius 3 is 1.90 bits per heavy atom. The zero-order valence-electron chi connectivity index (χ0n) is 11.8. The molecule has 0 amide bonds. The van der Waals surface area contributed by atoms with Gasteiger partial charge < -0.3 is 35.1 Å². The van der Waals surface area contributed by atoms with Gasteiger partial charge in [-0.2, -0.15) is 24.0 Å². The summed E-state index contributed by atoms with van der Waals surface area (Å²) in [4.78, 5) is 0. The summed E-state index contributed by atoms with van der Waals surface area (Å²) in [5.41, 5.74) is 2.04. The minimum absolute atomic E-state index is 0. The van der Waals surface area contributed by atoms with Crippen LogP contribution in [0.4, 0.5) is 0 Å². The molecule has 3 aromatic carbocycles. The monoisotopic (exact) mass is 316 g/mol. The van der Waals surface area contributed by atoms with E-state index in [4.69, 9.17) is 4.74 Å². The smallest absolute Gasteiger partial charge is 0.118 e. The van der Waals surface area contributed by atoms with Crippen LogP contribution in [0.3, 0.4) is 0 Å². The Kier molecular flexibility index (Phi) is 7.76. The molecule has 21 heavy (non-hydrogen) atoms. The van der Waals surface area contributed by atoms with Gasteiger partial charge in [-0.1, -0.05) is 17.7 Å². The Labute approximate surface area is 136 Å². The van der Waals surface area contributed by atoms with Crippen LogP contribution in [0.5, 0.6) is 5.75 Å². The van der Waals surface area contributed by atoms with Crippen LogP contribution >= 0.6 is 0 Å². The second-order valence-electron chi connectivity index (χ2n) is 4.11. The average molecular weight is 316 g/mol. The molecule has 3 rings (SSSR count). The molecule has 0 bridgehead atoms. The van der Waals surface area contributed by atoms with Gasteiger partial charge in [0.15, 0.2) is 0 Å². The molecule has 0 saturated carbocycles. The van der Waals surface area contributed by atoms with Gasteiger partial charge in [-0.15, -0.1) is 12.1 Å². The molecule has 0 radical (unpaired) electrons. The summed E-state index contributed by atoms with van der Waals surface area (Å²) in [6, 6.07) is 25.7. The Morgan fingerprint density at radius 1 is 0.905 bits per heavy atom. The fourth-order valence-electron chi connectivity index (χ4n) is 1.60. The van der Waals surface area contributed by atoms with E-state index in [2.05, 4.69) is 11.8 Å². The number of rotatable bonds is 1. The minimum atomic E-state index is 0. The predicted molar refractivity (Wildman–Crippen MR) is 83.0 cm³/mol. The molecule has 3 aromatic rings. The summed E-state index contributed by atoms with van der Waals surface area (Å²) in [6.07, 6.45) is 0. The van der Waals surface area contributed by atoms with Crippen molar-refractivity contribution in [1.29, 1.82) is 0 Å². The van der Waals surface area contributed by atoms with E-state index in [-0.39, 0.29) is 17.1 Å². The molecule has 0 unspecified atom stereocenters. The van der Waals surface area contributed by atoms with Gasteiger partial charge in [0.25, 0.3) is 0 Å². The van der Waals surface area contributed by atoms with Gasteiger partial charge in [-0.3, -0.25) is 0 Å². The van der Waals surface area contributed by atoms with Crippen molar-refractivity contribution in [2.45, 2.75) is 0 Å². The summed E-state index contributed by atoms with van der Waals surface area (Å²) in [6.45, 7) is 0. The molecule has 0 spiro atoms. The molecule has 0 aromatic heterocycles. The third-order valence-electron chi connectivity index (χ3n) is 2.66. The Balaban J connectivity index is 0.000000313. The molecule has 0 aliphatic carbocycles. The van der Waals surface area contributed by atoms with Crippen molar-refractivity contribution in [3.05, 3.63) is 90.0 Å². The van der Waals surface area contributed by atoms with Crippen molar-refractivity contribution >= 4 is 0 Å². The third kappa shape index (κ3) is 6.19. The number of hydrogen-bond donors (Lipinski definition) is 0. The van der Waals surface area contributed by atoms with E-state index in [1.54, 1.807) is 7.11 Å².